The molecule has 0 amide bonds. The minimum absolute atomic E-state index is 0.260. The fourth-order valence-corrected chi connectivity index (χ4v) is 4.30. The number of anilines is 2. The van der Waals surface area contributed by atoms with Crippen LogP contribution in [0.25, 0.3) is 0 Å². The molecule has 5 nitrogen and oxygen atoms in total. The number of sulfonamides is 1. The summed E-state index contributed by atoms with van der Waals surface area (Å²) in [6.07, 6.45) is 5.40. The van der Waals surface area contributed by atoms with Crippen LogP contribution in [-0.2, 0) is 16.4 Å². The van der Waals surface area contributed by atoms with Crippen molar-refractivity contribution in [3.05, 3.63) is 48.2 Å². The Hall–Kier alpha value is -1.92. The topological polar surface area (TPSA) is 62.3 Å². The Balaban J connectivity index is 1.72. The predicted molar refractivity (Wildman–Crippen MR) is 95.9 cm³/mol. The first-order valence-electron chi connectivity index (χ1n) is 8.42. The quantitative estimate of drug-likeness (QED) is 0.900. The lowest BCUT2D eigenvalue weighted by Crippen LogP contribution is -2.35. The van der Waals surface area contributed by atoms with E-state index in [1.54, 1.807) is 16.4 Å². The van der Waals surface area contributed by atoms with Crippen LogP contribution in [0.1, 0.15) is 31.7 Å². The van der Waals surface area contributed by atoms with Crippen molar-refractivity contribution in [3.63, 3.8) is 0 Å². The molecule has 0 spiro atoms. The maximum atomic E-state index is 12.6. The molecule has 0 saturated carbocycles. The van der Waals surface area contributed by atoms with Gasteiger partial charge in [-0.1, -0.05) is 25.5 Å². The van der Waals surface area contributed by atoms with Gasteiger partial charge in [-0.25, -0.2) is 13.4 Å². The largest absolute Gasteiger partial charge is 0.340 e. The summed E-state index contributed by atoms with van der Waals surface area (Å²) in [5.74, 6) is 0.636. The molecule has 1 N–H and O–H groups in total. The van der Waals surface area contributed by atoms with E-state index in [-0.39, 0.29) is 4.90 Å². The zero-order chi connectivity index (χ0) is 17.0. The van der Waals surface area contributed by atoms with E-state index in [4.69, 9.17) is 0 Å². The van der Waals surface area contributed by atoms with Crippen molar-refractivity contribution >= 4 is 21.5 Å². The van der Waals surface area contributed by atoms with E-state index in [1.807, 2.05) is 12.1 Å². The molecular formula is C18H23N3O2S. The molecule has 0 atom stereocenters. The maximum absolute atomic E-state index is 12.6. The summed E-state index contributed by atoms with van der Waals surface area (Å²) in [5.41, 5.74) is 2.21. The molecule has 1 aromatic heterocycles. The molecule has 0 radical (unpaired) electrons. The van der Waals surface area contributed by atoms with Gasteiger partial charge in [0.15, 0.2) is 0 Å². The Morgan fingerprint density at radius 2 is 1.75 bits per heavy atom. The lowest BCUT2D eigenvalue weighted by atomic mass is 10.1. The maximum Gasteiger partial charge on any atom is 0.244 e. The first-order valence-corrected chi connectivity index (χ1v) is 9.86. The number of aryl methyl sites for hydroxylation is 1. The fraction of sp³-hybridized carbons (Fsp3) is 0.389. The van der Waals surface area contributed by atoms with Gasteiger partial charge in [-0.15, -0.1) is 0 Å². The molecule has 2 aromatic rings. The molecule has 128 valence electrons. The Kier molecular flexibility index (Phi) is 5.16. The molecule has 1 fully saturated rings. The van der Waals surface area contributed by atoms with Crippen LogP contribution in [0.4, 0.5) is 11.5 Å². The molecule has 1 aliphatic heterocycles. The van der Waals surface area contributed by atoms with Gasteiger partial charge < -0.3 is 5.32 Å². The van der Waals surface area contributed by atoms with E-state index >= 15 is 0 Å². The van der Waals surface area contributed by atoms with Gasteiger partial charge in [0.05, 0.1) is 0 Å². The summed E-state index contributed by atoms with van der Waals surface area (Å²) in [7, 11) is -3.42. The summed E-state index contributed by atoms with van der Waals surface area (Å²) in [5, 5.41) is 3.19. The Morgan fingerprint density at radius 1 is 1.04 bits per heavy atom. The first-order chi connectivity index (χ1) is 11.6. The molecule has 1 aromatic carbocycles. The van der Waals surface area contributed by atoms with Gasteiger partial charge in [-0.2, -0.15) is 4.31 Å². The highest BCUT2D eigenvalue weighted by molar-refractivity contribution is 7.89. The summed E-state index contributed by atoms with van der Waals surface area (Å²) < 4.78 is 26.7. The van der Waals surface area contributed by atoms with Crippen molar-refractivity contribution in [2.75, 3.05) is 18.4 Å². The average molecular weight is 345 g/mol. The number of benzene rings is 1. The highest BCUT2D eigenvalue weighted by Gasteiger charge is 2.26. The molecule has 24 heavy (non-hydrogen) atoms. The van der Waals surface area contributed by atoms with E-state index in [9.17, 15) is 8.42 Å². The van der Waals surface area contributed by atoms with E-state index in [0.717, 1.165) is 31.4 Å². The van der Waals surface area contributed by atoms with E-state index in [0.29, 0.717) is 18.9 Å². The number of nitrogens with zero attached hydrogens (tertiary/aromatic N) is 2. The van der Waals surface area contributed by atoms with Gasteiger partial charge in [0.2, 0.25) is 10.0 Å². The number of nitrogens with one attached hydrogen (secondary N) is 1. The third kappa shape index (κ3) is 3.76. The number of hydrogen-bond donors (Lipinski definition) is 1. The third-order valence-corrected chi connectivity index (χ3v) is 6.21. The van der Waals surface area contributed by atoms with Crippen molar-refractivity contribution in [3.8, 4) is 0 Å². The summed E-state index contributed by atoms with van der Waals surface area (Å²) in [4.78, 5) is 4.52. The van der Waals surface area contributed by atoms with Crippen molar-refractivity contribution in [2.24, 2.45) is 0 Å². The van der Waals surface area contributed by atoms with Crippen molar-refractivity contribution in [2.45, 2.75) is 37.5 Å². The summed E-state index contributed by atoms with van der Waals surface area (Å²) in [6.45, 7) is 3.32. The molecule has 3 rings (SSSR count). The number of aromatic nitrogens is 1. The summed E-state index contributed by atoms with van der Waals surface area (Å²) >= 11 is 0. The molecule has 0 aliphatic carbocycles. The van der Waals surface area contributed by atoms with Crippen molar-refractivity contribution in [1.29, 1.82) is 0 Å². The molecule has 0 unspecified atom stereocenters. The van der Waals surface area contributed by atoms with Gasteiger partial charge in [0.25, 0.3) is 0 Å². The smallest absolute Gasteiger partial charge is 0.244 e. The van der Waals surface area contributed by atoms with Crippen LogP contribution in [-0.4, -0.2) is 30.8 Å². The van der Waals surface area contributed by atoms with Gasteiger partial charge in [-0.05, 0) is 49.1 Å². The van der Waals surface area contributed by atoms with Crippen LogP contribution in [0.2, 0.25) is 0 Å². The minimum Gasteiger partial charge on any atom is -0.340 e. The average Bonchev–Trinajstić information content (AvgIpc) is 2.63. The van der Waals surface area contributed by atoms with Crippen LogP contribution >= 0.6 is 0 Å². The summed E-state index contributed by atoms with van der Waals surface area (Å²) in [6, 6.07) is 11.5. The fourth-order valence-electron chi connectivity index (χ4n) is 2.83. The molecule has 1 saturated heterocycles. The Bertz CT molecular complexity index is 765. The van der Waals surface area contributed by atoms with Gasteiger partial charge in [0.1, 0.15) is 10.7 Å². The number of hydrogen-bond acceptors (Lipinski definition) is 4. The van der Waals surface area contributed by atoms with Crippen LogP contribution in [0.15, 0.2) is 47.5 Å². The lowest BCUT2D eigenvalue weighted by Gasteiger charge is -2.25. The first kappa shape index (κ1) is 16.9. The van der Waals surface area contributed by atoms with E-state index in [2.05, 4.69) is 29.4 Å². The van der Waals surface area contributed by atoms with Gasteiger partial charge in [-0.3, -0.25) is 0 Å². The molecule has 1 aliphatic rings. The minimum atomic E-state index is -3.42. The van der Waals surface area contributed by atoms with Gasteiger partial charge >= 0.3 is 0 Å². The van der Waals surface area contributed by atoms with Crippen LogP contribution in [0, 0.1) is 0 Å². The predicted octanol–water partition coefficient (Wildman–Crippen LogP) is 3.56. The molecule has 6 heteroatoms. The Labute approximate surface area is 143 Å². The van der Waals surface area contributed by atoms with E-state index < -0.39 is 10.0 Å². The third-order valence-electron chi connectivity index (χ3n) is 4.32. The highest BCUT2D eigenvalue weighted by Crippen LogP contribution is 2.22. The van der Waals surface area contributed by atoms with Crippen LogP contribution in [0.3, 0.4) is 0 Å². The Morgan fingerprint density at radius 3 is 2.33 bits per heavy atom. The van der Waals surface area contributed by atoms with Crippen LogP contribution in [0.5, 0.6) is 0 Å². The highest BCUT2D eigenvalue weighted by atomic mass is 32.2. The lowest BCUT2D eigenvalue weighted by molar-refractivity contribution is 0.346. The number of rotatable bonds is 5. The normalized spacial score (nSPS) is 16.0. The monoisotopic (exact) mass is 345 g/mol. The molecular weight excluding hydrogens is 322 g/mol. The zero-order valence-electron chi connectivity index (χ0n) is 13.9. The second kappa shape index (κ2) is 7.32. The molecule has 0 bridgehead atoms. The second-order valence-electron chi connectivity index (χ2n) is 6.02. The van der Waals surface area contributed by atoms with Crippen molar-refractivity contribution in [1.82, 2.24) is 9.29 Å². The second-order valence-corrected chi connectivity index (χ2v) is 7.96. The SMILES string of the molecule is CCc1ccc(Nc2ccc(S(=O)(=O)N3CCCCC3)cn2)cc1. The standard InChI is InChI=1S/C18H23N3O2S/c1-2-15-6-8-16(9-7-15)20-18-11-10-17(14-19-18)24(22,23)21-12-4-3-5-13-21/h6-11,14H,2-5,12-13H2,1H3,(H,19,20). The van der Waals surface area contributed by atoms with E-state index in [1.165, 1.54) is 11.8 Å². The van der Waals surface area contributed by atoms with Crippen molar-refractivity contribution < 1.29 is 8.42 Å². The van der Waals surface area contributed by atoms with Crippen LogP contribution < -0.4 is 5.32 Å². The number of pyridine rings is 1. The van der Waals surface area contributed by atoms with Gasteiger partial charge in [0, 0.05) is 25.0 Å². The zero-order valence-corrected chi connectivity index (χ0v) is 14.7. The number of piperidine rings is 1. The molecule has 2 heterocycles.